The van der Waals surface area contributed by atoms with Crippen molar-refractivity contribution in [2.75, 3.05) is 12.8 Å². The SMILES string of the molecule is C=C1c2c(N)cccc2CN1C. The Morgan fingerprint density at radius 3 is 2.92 bits per heavy atom. The van der Waals surface area contributed by atoms with Crippen LogP contribution in [0.4, 0.5) is 5.69 Å². The van der Waals surface area contributed by atoms with E-state index >= 15 is 0 Å². The first-order valence-corrected chi connectivity index (χ1v) is 3.98. The molecule has 0 spiro atoms. The summed E-state index contributed by atoms with van der Waals surface area (Å²) in [5.41, 5.74) is 10.1. The molecule has 1 aliphatic heterocycles. The topological polar surface area (TPSA) is 29.3 Å². The quantitative estimate of drug-likeness (QED) is 0.585. The summed E-state index contributed by atoms with van der Waals surface area (Å²) in [5, 5.41) is 0. The fraction of sp³-hybridized carbons (Fsp3) is 0.200. The average Bonchev–Trinajstić information content (AvgIpc) is 2.29. The lowest BCUT2D eigenvalue weighted by Crippen LogP contribution is -2.06. The van der Waals surface area contributed by atoms with Crippen LogP contribution in [0.1, 0.15) is 11.1 Å². The summed E-state index contributed by atoms with van der Waals surface area (Å²) in [7, 11) is 2.03. The van der Waals surface area contributed by atoms with E-state index in [9.17, 15) is 0 Å². The van der Waals surface area contributed by atoms with Gasteiger partial charge in [0.15, 0.2) is 0 Å². The molecule has 62 valence electrons. The number of nitrogens with two attached hydrogens (primary N) is 1. The summed E-state index contributed by atoms with van der Waals surface area (Å²) in [6, 6.07) is 6.00. The van der Waals surface area contributed by atoms with E-state index in [1.54, 1.807) is 0 Å². The second kappa shape index (κ2) is 2.27. The molecule has 1 aromatic rings. The van der Waals surface area contributed by atoms with E-state index in [0.29, 0.717) is 0 Å². The first-order chi connectivity index (χ1) is 5.70. The monoisotopic (exact) mass is 160 g/mol. The van der Waals surface area contributed by atoms with Crippen molar-refractivity contribution in [2.45, 2.75) is 6.54 Å². The molecule has 2 nitrogen and oxygen atoms in total. The third-order valence-corrected chi connectivity index (χ3v) is 2.34. The summed E-state index contributed by atoms with van der Waals surface area (Å²) in [4.78, 5) is 2.11. The molecule has 2 heteroatoms. The van der Waals surface area contributed by atoms with Crippen LogP contribution in [0.2, 0.25) is 0 Å². The third-order valence-electron chi connectivity index (χ3n) is 2.34. The lowest BCUT2D eigenvalue weighted by Gasteiger charge is -2.10. The Hall–Kier alpha value is -1.44. The highest BCUT2D eigenvalue weighted by molar-refractivity contribution is 5.77. The average molecular weight is 160 g/mol. The van der Waals surface area contributed by atoms with Crippen molar-refractivity contribution >= 4 is 11.4 Å². The number of nitrogens with zero attached hydrogens (tertiary/aromatic N) is 1. The molecule has 0 unspecified atom stereocenters. The van der Waals surface area contributed by atoms with Gasteiger partial charge in [0, 0.05) is 30.5 Å². The van der Waals surface area contributed by atoms with E-state index in [2.05, 4.69) is 17.5 Å². The minimum atomic E-state index is 0.835. The molecule has 2 N–H and O–H groups in total. The van der Waals surface area contributed by atoms with Crippen LogP contribution < -0.4 is 5.73 Å². The molecular formula is C10H12N2. The summed E-state index contributed by atoms with van der Waals surface area (Å²) in [6.07, 6.45) is 0. The Bertz CT molecular complexity index is 342. The maximum Gasteiger partial charge on any atom is 0.0433 e. The number of fused-ring (bicyclic) bond motifs is 1. The van der Waals surface area contributed by atoms with Gasteiger partial charge in [0.05, 0.1) is 0 Å². The Kier molecular flexibility index (Phi) is 1.37. The van der Waals surface area contributed by atoms with Crippen molar-refractivity contribution in [3.8, 4) is 0 Å². The Morgan fingerprint density at radius 2 is 2.25 bits per heavy atom. The zero-order chi connectivity index (χ0) is 8.72. The molecule has 1 aromatic carbocycles. The highest BCUT2D eigenvalue weighted by Gasteiger charge is 2.20. The molecule has 0 fully saturated rings. The van der Waals surface area contributed by atoms with Crippen LogP contribution in [0.5, 0.6) is 0 Å². The molecule has 1 heterocycles. The third kappa shape index (κ3) is 0.811. The number of rotatable bonds is 0. The normalized spacial score (nSPS) is 15.1. The molecule has 0 amide bonds. The van der Waals surface area contributed by atoms with Gasteiger partial charge >= 0.3 is 0 Å². The minimum absolute atomic E-state index is 0.835. The number of nitrogen functional groups attached to an aromatic ring is 1. The molecule has 12 heavy (non-hydrogen) atoms. The largest absolute Gasteiger partial charge is 0.398 e. The van der Waals surface area contributed by atoms with Gasteiger partial charge in [-0.3, -0.25) is 0 Å². The first kappa shape index (κ1) is 7.22. The van der Waals surface area contributed by atoms with Gasteiger partial charge in [-0.1, -0.05) is 18.7 Å². The fourth-order valence-corrected chi connectivity index (χ4v) is 1.65. The molecule has 1 aliphatic rings. The summed E-state index contributed by atoms with van der Waals surface area (Å²) < 4.78 is 0. The standard InChI is InChI=1S/C10H12N2/c1-7-10-8(6-12(7)2)4-3-5-9(10)11/h3-5H,1,6,11H2,2H3. The summed E-state index contributed by atoms with van der Waals surface area (Å²) in [5.74, 6) is 0. The van der Waals surface area contributed by atoms with Crippen LogP contribution in [0, 0.1) is 0 Å². The van der Waals surface area contributed by atoms with Crippen LogP contribution in [-0.2, 0) is 6.54 Å². The van der Waals surface area contributed by atoms with Crippen LogP contribution in [-0.4, -0.2) is 11.9 Å². The maximum atomic E-state index is 5.84. The molecule has 2 rings (SSSR count). The Labute approximate surface area is 72.3 Å². The predicted octanol–water partition coefficient (Wildman–Crippen LogP) is 1.68. The molecule has 0 bridgehead atoms. The van der Waals surface area contributed by atoms with Crippen molar-refractivity contribution in [1.29, 1.82) is 0 Å². The van der Waals surface area contributed by atoms with Gasteiger partial charge in [-0.2, -0.15) is 0 Å². The van der Waals surface area contributed by atoms with Crippen LogP contribution in [0.15, 0.2) is 24.8 Å². The van der Waals surface area contributed by atoms with Crippen molar-refractivity contribution in [2.24, 2.45) is 0 Å². The highest BCUT2D eigenvalue weighted by atomic mass is 15.1. The van der Waals surface area contributed by atoms with Gasteiger partial charge in [-0.15, -0.1) is 0 Å². The van der Waals surface area contributed by atoms with E-state index in [1.165, 1.54) is 5.56 Å². The molecule has 0 saturated carbocycles. The first-order valence-electron chi connectivity index (χ1n) is 3.98. The molecule has 0 aliphatic carbocycles. The highest BCUT2D eigenvalue weighted by Crippen LogP contribution is 2.33. The van der Waals surface area contributed by atoms with Gasteiger partial charge in [0.25, 0.3) is 0 Å². The van der Waals surface area contributed by atoms with Crippen LogP contribution >= 0.6 is 0 Å². The van der Waals surface area contributed by atoms with E-state index in [1.807, 2.05) is 19.2 Å². The Balaban J connectivity index is 2.62. The van der Waals surface area contributed by atoms with E-state index in [-0.39, 0.29) is 0 Å². The van der Waals surface area contributed by atoms with Gasteiger partial charge in [-0.05, 0) is 11.6 Å². The van der Waals surface area contributed by atoms with E-state index in [4.69, 9.17) is 5.73 Å². The second-order valence-corrected chi connectivity index (χ2v) is 3.18. The van der Waals surface area contributed by atoms with Crippen LogP contribution in [0.3, 0.4) is 0 Å². The number of benzene rings is 1. The van der Waals surface area contributed by atoms with Gasteiger partial charge in [-0.25, -0.2) is 0 Å². The van der Waals surface area contributed by atoms with Gasteiger partial charge in [0.2, 0.25) is 0 Å². The van der Waals surface area contributed by atoms with E-state index < -0.39 is 0 Å². The lowest BCUT2D eigenvalue weighted by molar-refractivity contribution is 0.501. The van der Waals surface area contributed by atoms with E-state index in [0.717, 1.165) is 23.5 Å². The lowest BCUT2D eigenvalue weighted by atomic mass is 10.1. The molecule has 0 atom stereocenters. The second-order valence-electron chi connectivity index (χ2n) is 3.18. The van der Waals surface area contributed by atoms with Crippen molar-refractivity contribution in [1.82, 2.24) is 4.90 Å². The number of anilines is 1. The number of hydrogen-bond donors (Lipinski definition) is 1. The van der Waals surface area contributed by atoms with Crippen molar-refractivity contribution in [3.63, 3.8) is 0 Å². The smallest absolute Gasteiger partial charge is 0.0433 e. The number of hydrogen-bond acceptors (Lipinski definition) is 2. The predicted molar refractivity (Wildman–Crippen MR) is 51.4 cm³/mol. The maximum absolute atomic E-state index is 5.84. The fourth-order valence-electron chi connectivity index (χ4n) is 1.65. The van der Waals surface area contributed by atoms with Gasteiger partial charge < -0.3 is 10.6 Å². The zero-order valence-electron chi connectivity index (χ0n) is 7.17. The minimum Gasteiger partial charge on any atom is -0.398 e. The molecule has 0 radical (unpaired) electrons. The van der Waals surface area contributed by atoms with Crippen molar-refractivity contribution in [3.05, 3.63) is 35.9 Å². The summed E-state index contributed by atoms with van der Waals surface area (Å²) in [6.45, 7) is 4.91. The summed E-state index contributed by atoms with van der Waals surface area (Å²) >= 11 is 0. The van der Waals surface area contributed by atoms with Crippen molar-refractivity contribution < 1.29 is 0 Å². The molecule has 0 aromatic heterocycles. The molecule has 0 saturated heterocycles. The Morgan fingerprint density at radius 1 is 1.50 bits per heavy atom. The van der Waals surface area contributed by atoms with Crippen LogP contribution in [0.25, 0.3) is 5.70 Å². The zero-order valence-corrected chi connectivity index (χ0v) is 7.17. The van der Waals surface area contributed by atoms with Gasteiger partial charge in [0.1, 0.15) is 0 Å². The molecular weight excluding hydrogens is 148 g/mol.